The van der Waals surface area contributed by atoms with Crippen molar-refractivity contribution in [2.75, 3.05) is 13.1 Å². The third-order valence-electron chi connectivity index (χ3n) is 9.12. The summed E-state index contributed by atoms with van der Waals surface area (Å²) < 4.78 is 0. The number of carbonyl (C=O) groups is 2. The summed E-state index contributed by atoms with van der Waals surface area (Å²) in [5.41, 5.74) is 3.64. The van der Waals surface area contributed by atoms with E-state index in [0.29, 0.717) is 25.0 Å². The molecule has 2 saturated heterocycles. The van der Waals surface area contributed by atoms with Crippen molar-refractivity contribution in [3.05, 3.63) is 35.5 Å². The molecular formula is C29H42N4O3. The molecule has 2 amide bonds. The number of amides is 2. The van der Waals surface area contributed by atoms with Crippen LogP contribution in [-0.4, -0.2) is 75.1 Å². The lowest BCUT2D eigenvalue weighted by Gasteiger charge is -2.33. The topological polar surface area (TPSA) is 88.7 Å². The Bertz CT molecular complexity index is 1110. The summed E-state index contributed by atoms with van der Waals surface area (Å²) in [5, 5.41) is 14.7. The van der Waals surface area contributed by atoms with Gasteiger partial charge in [0.2, 0.25) is 11.8 Å². The van der Waals surface area contributed by atoms with Crippen molar-refractivity contribution in [3.63, 3.8) is 0 Å². The van der Waals surface area contributed by atoms with Gasteiger partial charge in [0.05, 0.1) is 12.1 Å². The molecule has 7 nitrogen and oxygen atoms in total. The van der Waals surface area contributed by atoms with Crippen molar-refractivity contribution in [1.29, 1.82) is 0 Å². The first-order valence-electron chi connectivity index (χ1n) is 13.9. The standard InChI is InChI=1S/C29H42N4O3/c1-5-18(3)28(35)31-26(19(4)34)29(36)32-13-12-25-27(32)23(16-33(25)20-8-6-7-9-20)22-15-30-24-14-17(2)10-11-21(22)24/h10-11,14-15,18-20,23,25-27,30,34H,5-9,12-13,16H2,1-4H3,(H,31,35)/t18-,19-,23-,25-,26+,27-/m1/s1. The van der Waals surface area contributed by atoms with E-state index in [-0.39, 0.29) is 29.7 Å². The third-order valence-corrected chi connectivity index (χ3v) is 9.12. The largest absolute Gasteiger partial charge is 0.391 e. The first kappa shape index (κ1) is 25.3. The van der Waals surface area contributed by atoms with Crippen LogP contribution < -0.4 is 5.32 Å². The zero-order valence-corrected chi connectivity index (χ0v) is 22.2. The van der Waals surface area contributed by atoms with Gasteiger partial charge in [-0.05, 0) is 56.7 Å². The van der Waals surface area contributed by atoms with Gasteiger partial charge in [0.15, 0.2) is 0 Å². The van der Waals surface area contributed by atoms with Crippen LogP contribution in [0.25, 0.3) is 10.9 Å². The lowest BCUT2D eigenvalue weighted by molar-refractivity contribution is -0.141. The summed E-state index contributed by atoms with van der Waals surface area (Å²) in [4.78, 5) is 34.8. The molecule has 7 heteroatoms. The van der Waals surface area contributed by atoms with Gasteiger partial charge in [-0.25, -0.2) is 0 Å². The Hall–Kier alpha value is -2.38. The molecule has 6 atom stereocenters. The molecule has 3 fully saturated rings. The first-order chi connectivity index (χ1) is 17.3. The Labute approximate surface area is 214 Å². The normalized spacial score (nSPS) is 27.4. The molecular weight excluding hydrogens is 452 g/mol. The van der Waals surface area contributed by atoms with E-state index in [4.69, 9.17) is 0 Å². The number of likely N-dealkylation sites (tertiary alicyclic amines) is 2. The van der Waals surface area contributed by atoms with Crippen LogP contribution in [0, 0.1) is 12.8 Å². The number of aryl methyl sites for hydroxylation is 1. The monoisotopic (exact) mass is 494 g/mol. The van der Waals surface area contributed by atoms with Crippen molar-refractivity contribution in [1.82, 2.24) is 20.1 Å². The highest BCUT2D eigenvalue weighted by atomic mass is 16.3. The molecule has 3 N–H and O–H groups in total. The van der Waals surface area contributed by atoms with Crippen LogP contribution in [0.15, 0.2) is 24.4 Å². The lowest BCUT2D eigenvalue weighted by atomic mass is 9.90. The Morgan fingerprint density at radius 2 is 1.94 bits per heavy atom. The number of nitrogens with zero attached hydrogens (tertiary/aromatic N) is 2. The smallest absolute Gasteiger partial charge is 0.248 e. The minimum atomic E-state index is -0.952. The quantitative estimate of drug-likeness (QED) is 0.548. The van der Waals surface area contributed by atoms with Crippen LogP contribution >= 0.6 is 0 Å². The number of carbonyl (C=O) groups excluding carboxylic acids is 2. The Morgan fingerprint density at radius 3 is 2.64 bits per heavy atom. The van der Waals surface area contributed by atoms with Crippen LogP contribution in [0.5, 0.6) is 0 Å². The zero-order chi connectivity index (χ0) is 25.6. The number of rotatable bonds is 7. The molecule has 1 saturated carbocycles. The molecule has 196 valence electrons. The summed E-state index contributed by atoms with van der Waals surface area (Å²) in [5.74, 6) is -0.325. The van der Waals surface area contributed by atoms with Crippen molar-refractivity contribution in [2.24, 2.45) is 5.92 Å². The molecule has 0 unspecified atom stereocenters. The molecule has 0 bridgehead atoms. The first-order valence-corrected chi connectivity index (χ1v) is 13.9. The average Bonchev–Trinajstić information content (AvgIpc) is 3.64. The van der Waals surface area contributed by atoms with Gasteiger partial charge in [0.25, 0.3) is 0 Å². The number of H-pyrrole nitrogens is 1. The molecule has 0 radical (unpaired) electrons. The van der Waals surface area contributed by atoms with Crippen molar-refractivity contribution in [3.8, 4) is 0 Å². The highest BCUT2D eigenvalue weighted by Crippen LogP contribution is 2.46. The lowest BCUT2D eigenvalue weighted by Crippen LogP contribution is -2.56. The van der Waals surface area contributed by atoms with Crippen LogP contribution in [0.2, 0.25) is 0 Å². The number of fused-ring (bicyclic) bond motifs is 2. The van der Waals surface area contributed by atoms with E-state index in [1.807, 2.05) is 18.7 Å². The molecule has 1 aromatic carbocycles. The summed E-state index contributed by atoms with van der Waals surface area (Å²) in [6, 6.07) is 6.57. The maximum atomic E-state index is 14.0. The van der Waals surface area contributed by atoms with Gasteiger partial charge in [-0.2, -0.15) is 0 Å². The summed E-state index contributed by atoms with van der Waals surface area (Å²) in [6.07, 6.45) is 7.86. The van der Waals surface area contributed by atoms with E-state index in [0.717, 1.165) is 18.5 Å². The fourth-order valence-corrected chi connectivity index (χ4v) is 6.93. The molecule has 0 spiro atoms. The van der Waals surface area contributed by atoms with E-state index < -0.39 is 12.1 Å². The number of aromatic nitrogens is 1. The number of hydrogen-bond acceptors (Lipinski definition) is 4. The third kappa shape index (κ3) is 4.45. The summed E-state index contributed by atoms with van der Waals surface area (Å²) in [6.45, 7) is 9.13. The van der Waals surface area contributed by atoms with Crippen LogP contribution in [0.1, 0.15) is 76.3 Å². The predicted octanol–water partition coefficient (Wildman–Crippen LogP) is 3.70. The number of hydrogen-bond donors (Lipinski definition) is 3. The molecule has 3 aliphatic rings. The van der Waals surface area contributed by atoms with Gasteiger partial charge in [0.1, 0.15) is 6.04 Å². The highest BCUT2D eigenvalue weighted by molar-refractivity contribution is 5.90. The van der Waals surface area contributed by atoms with Gasteiger partial charge in [-0.3, -0.25) is 14.5 Å². The fourth-order valence-electron chi connectivity index (χ4n) is 6.93. The zero-order valence-electron chi connectivity index (χ0n) is 22.2. The van der Waals surface area contributed by atoms with Gasteiger partial charge >= 0.3 is 0 Å². The Kier molecular flexibility index (Phi) is 7.14. The molecule has 1 aromatic heterocycles. The minimum absolute atomic E-state index is 0.0418. The summed E-state index contributed by atoms with van der Waals surface area (Å²) >= 11 is 0. The SMILES string of the molecule is CC[C@@H](C)C(=O)N[C@H](C(=O)N1CC[C@@H]2[C@H]1[C@@H](c1c[nH]c3cc(C)ccc13)CN2C1CCCC1)[C@@H](C)O. The van der Waals surface area contributed by atoms with Gasteiger partial charge in [-0.1, -0.05) is 38.8 Å². The molecule has 2 aromatic rings. The van der Waals surface area contributed by atoms with E-state index in [1.165, 1.54) is 42.2 Å². The van der Waals surface area contributed by atoms with E-state index in [2.05, 4.69) is 46.5 Å². The number of aliphatic hydroxyl groups excluding tert-OH is 1. The van der Waals surface area contributed by atoms with Crippen LogP contribution in [-0.2, 0) is 9.59 Å². The van der Waals surface area contributed by atoms with Crippen molar-refractivity contribution < 1.29 is 14.7 Å². The van der Waals surface area contributed by atoms with E-state index >= 15 is 0 Å². The molecule has 36 heavy (non-hydrogen) atoms. The number of benzene rings is 1. The fraction of sp³-hybridized carbons (Fsp3) is 0.655. The van der Waals surface area contributed by atoms with Crippen LogP contribution in [0.4, 0.5) is 0 Å². The van der Waals surface area contributed by atoms with Crippen LogP contribution in [0.3, 0.4) is 0 Å². The average molecular weight is 495 g/mol. The van der Waals surface area contributed by atoms with Crippen molar-refractivity contribution >= 4 is 22.7 Å². The molecule has 5 rings (SSSR count). The highest BCUT2D eigenvalue weighted by Gasteiger charge is 2.53. The minimum Gasteiger partial charge on any atom is -0.391 e. The predicted molar refractivity (Wildman–Crippen MR) is 142 cm³/mol. The molecule has 1 aliphatic carbocycles. The molecule has 3 heterocycles. The van der Waals surface area contributed by atoms with Gasteiger partial charge in [-0.15, -0.1) is 0 Å². The second-order valence-corrected chi connectivity index (χ2v) is 11.4. The second-order valence-electron chi connectivity index (χ2n) is 11.4. The van der Waals surface area contributed by atoms with Gasteiger partial charge < -0.3 is 20.3 Å². The second kappa shape index (κ2) is 10.2. The number of aliphatic hydroxyl groups is 1. The number of nitrogens with one attached hydrogen (secondary N) is 2. The Balaban J connectivity index is 1.48. The maximum absolute atomic E-state index is 14.0. The van der Waals surface area contributed by atoms with E-state index in [1.54, 1.807) is 6.92 Å². The Morgan fingerprint density at radius 1 is 1.19 bits per heavy atom. The van der Waals surface area contributed by atoms with E-state index in [9.17, 15) is 14.7 Å². The maximum Gasteiger partial charge on any atom is 0.248 e. The van der Waals surface area contributed by atoms with Gasteiger partial charge in [0, 0.05) is 54.1 Å². The van der Waals surface area contributed by atoms with Crippen molar-refractivity contribution in [2.45, 2.75) is 102 Å². The summed E-state index contributed by atoms with van der Waals surface area (Å²) in [7, 11) is 0. The molecule has 2 aliphatic heterocycles. The number of aromatic amines is 1.